The Balaban J connectivity index is 2.18. The Morgan fingerprint density at radius 2 is 2.25 bits per heavy atom. The fourth-order valence-corrected chi connectivity index (χ4v) is 1.44. The van der Waals surface area contributed by atoms with Crippen molar-refractivity contribution in [3.05, 3.63) is 41.7 Å². The van der Waals surface area contributed by atoms with Crippen LogP contribution in [0.2, 0.25) is 0 Å². The fourth-order valence-electron chi connectivity index (χ4n) is 1.44. The second-order valence-electron chi connectivity index (χ2n) is 3.59. The fraction of sp³-hybridized carbons (Fsp3) is 0.273. The zero-order chi connectivity index (χ0) is 11.5. The topological polar surface area (TPSA) is 60.7 Å². The minimum atomic E-state index is 0.0293. The molecule has 0 aliphatic carbocycles. The van der Waals surface area contributed by atoms with Crippen molar-refractivity contribution < 1.29 is 4.79 Å². The first-order valence-corrected chi connectivity index (χ1v) is 4.95. The molecule has 2 aromatic heterocycles. The van der Waals surface area contributed by atoms with Crippen LogP contribution in [-0.4, -0.2) is 25.5 Å². The number of carbonyl (C=O) groups is 1. The van der Waals surface area contributed by atoms with Gasteiger partial charge in [-0.3, -0.25) is 14.5 Å². The molecule has 0 aliphatic heterocycles. The Kier molecular flexibility index (Phi) is 2.76. The van der Waals surface area contributed by atoms with Gasteiger partial charge in [0.1, 0.15) is 12.2 Å². The Hall–Kier alpha value is -2.04. The summed E-state index contributed by atoms with van der Waals surface area (Å²) < 4.78 is 1.60. The van der Waals surface area contributed by atoms with Gasteiger partial charge in [0.15, 0.2) is 5.78 Å². The Bertz CT molecular complexity index is 518. The molecule has 0 saturated carbocycles. The van der Waals surface area contributed by atoms with Crippen molar-refractivity contribution in [2.75, 3.05) is 0 Å². The van der Waals surface area contributed by atoms with Crippen molar-refractivity contribution >= 4 is 5.78 Å². The molecule has 0 aromatic carbocycles. The highest BCUT2D eigenvalue weighted by Crippen LogP contribution is 2.05. The number of aromatic nitrogens is 4. The largest absolute Gasteiger partial charge is 0.294 e. The molecule has 0 atom stereocenters. The monoisotopic (exact) mass is 216 g/mol. The van der Waals surface area contributed by atoms with Crippen molar-refractivity contribution in [1.82, 2.24) is 19.7 Å². The van der Waals surface area contributed by atoms with E-state index in [-0.39, 0.29) is 12.2 Å². The van der Waals surface area contributed by atoms with Crippen LogP contribution < -0.4 is 0 Å². The van der Waals surface area contributed by atoms with E-state index in [1.807, 2.05) is 6.92 Å². The number of Topliss-reactive ketones (excluding diaryl/α,β-unsaturated/α-hetero) is 1. The number of aryl methyl sites for hydroxylation is 2. The van der Waals surface area contributed by atoms with Crippen LogP contribution in [0.1, 0.15) is 21.9 Å². The van der Waals surface area contributed by atoms with E-state index in [1.165, 1.54) is 6.33 Å². The summed E-state index contributed by atoms with van der Waals surface area (Å²) in [5.74, 6) is 0.695. The van der Waals surface area contributed by atoms with E-state index in [4.69, 9.17) is 0 Å². The molecule has 0 amide bonds. The van der Waals surface area contributed by atoms with Gasteiger partial charge in [-0.1, -0.05) is 0 Å². The van der Waals surface area contributed by atoms with Gasteiger partial charge in [0.25, 0.3) is 0 Å². The molecule has 2 heterocycles. The molecular formula is C11H12N4O. The van der Waals surface area contributed by atoms with Crippen molar-refractivity contribution in [2.24, 2.45) is 7.05 Å². The third-order valence-electron chi connectivity index (χ3n) is 2.34. The molecule has 0 aliphatic rings. The summed E-state index contributed by atoms with van der Waals surface area (Å²) >= 11 is 0. The first kappa shape index (κ1) is 10.5. The molecule has 0 fully saturated rings. The van der Waals surface area contributed by atoms with Gasteiger partial charge in [-0.25, -0.2) is 4.98 Å². The summed E-state index contributed by atoms with van der Waals surface area (Å²) in [7, 11) is 1.77. The van der Waals surface area contributed by atoms with E-state index in [1.54, 1.807) is 30.1 Å². The van der Waals surface area contributed by atoms with Gasteiger partial charge in [0.05, 0.1) is 6.42 Å². The zero-order valence-corrected chi connectivity index (χ0v) is 9.21. The third kappa shape index (κ3) is 2.13. The number of ketones is 1. The maximum atomic E-state index is 11.9. The quantitative estimate of drug-likeness (QED) is 0.716. The van der Waals surface area contributed by atoms with Gasteiger partial charge in [-0.15, -0.1) is 0 Å². The van der Waals surface area contributed by atoms with Crippen LogP contribution in [0.4, 0.5) is 0 Å². The zero-order valence-electron chi connectivity index (χ0n) is 9.21. The van der Waals surface area contributed by atoms with Crippen molar-refractivity contribution in [1.29, 1.82) is 0 Å². The standard InChI is InChI=1S/C11H12N4O/c1-8-5-9(3-4-12-8)10(16)6-11-13-7-14-15(11)2/h3-5,7H,6H2,1-2H3. The highest BCUT2D eigenvalue weighted by molar-refractivity contribution is 5.97. The van der Waals surface area contributed by atoms with Crippen LogP contribution in [0.25, 0.3) is 0 Å². The molecule has 2 rings (SSSR count). The summed E-state index contributed by atoms with van der Waals surface area (Å²) in [6.07, 6.45) is 3.35. The second kappa shape index (κ2) is 4.22. The highest BCUT2D eigenvalue weighted by atomic mass is 16.1. The van der Waals surface area contributed by atoms with Gasteiger partial charge in [0.2, 0.25) is 0 Å². The van der Waals surface area contributed by atoms with E-state index >= 15 is 0 Å². The molecule has 0 radical (unpaired) electrons. The Morgan fingerprint density at radius 1 is 1.44 bits per heavy atom. The summed E-state index contributed by atoms with van der Waals surface area (Å²) in [6.45, 7) is 1.86. The lowest BCUT2D eigenvalue weighted by Gasteiger charge is -2.01. The molecule has 0 N–H and O–H groups in total. The average molecular weight is 216 g/mol. The van der Waals surface area contributed by atoms with E-state index in [0.29, 0.717) is 11.4 Å². The Morgan fingerprint density at radius 3 is 2.88 bits per heavy atom. The van der Waals surface area contributed by atoms with Gasteiger partial charge in [-0.2, -0.15) is 5.10 Å². The summed E-state index contributed by atoms with van der Waals surface area (Å²) in [6, 6.07) is 3.49. The van der Waals surface area contributed by atoms with Gasteiger partial charge in [0, 0.05) is 24.5 Å². The molecule has 0 spiro atoms. The number of rotatable bonds is 3. The number of carbonyl (C=O) groups excluding carboxylic acids is 1. The lowest BCUT2D eigenvalue weighted by Crippen LogP contribution is -2.09. The predicted octanol–water partition coefficient (Wildman–Crippen LogP) is 0.944. The Labute approximate surface area is 93.2 Å². The molecular weight excluding hydrogens is 204 g/mol. The number of hydrogen-bond donors (Lipinski definition) is 0. The van der Waals surface area contributed by atoms with E-state index < -0.39 is 0 Å². The molecule has 0 unspecified atom stereocenters. The van der Waals surface area contributed by atoms with Crippen molar-refractivity contribution in [2.45, 2.75) is 13.3 Å². The van der Waals surface area contributed by atoms with Gasteiger partial charge >= 0.3 is 0 Å². The number of nitrogens with zero attached hydrogens (tertiary/aromatic N) is 4. The van der Waals surface area contributed by atoms with Gasteiger partial charge in [-0.05, 0) is 19.1 Å². The summed E-state index contributed by atoms with van der Waals surface area (Å²) in [5, 5.41) is 3.92. The molecule has 0 bridgehead atoms. The lowest BCUT2D eigenvalue weighted by atomic mass is 10.1. The normalized spacial score (nSPS) is 10.4. The third-order valence-corrected chi connectivity index (χ3v) is 2.34. The molecule has 2 aromatic rings. The van der Waals surface area contributed by atoms with Crippen LogP contribution in [-0.2, 0) is 13.5 Å². The predicted molar refractivity (Wildman–Crippen MR) is 58.0 cm³/mol. The SMILES string of the molecule is Cc1cc(C(=O)Cc2ncnn2C)ccn1. The van der Waals surface area contributed by atoms with E-state index in [0.717, 1.165) is 5.69 Å². The maximum Gasteiger partial charge on any atom is 0.170 e. The van der Waals surface area contributed by atoms with Crippen LogP contribution >= 0.6 is 0 Å². The van der Waals surface area contributed by atoms with E-state index in [9.17, 15) is 4.79 Å². The summed E-state index contributed by atoms with van der Waals surface area (Å²) in [4.78, 5) is 20.0. The van der Waals surface area contributed by atoms with Crippen molar-refractivity contribution in [3.8, 4) is 0 Å². The summed E-state index contributed by atoms with van der Waals surface area (Å²) in [5.41, 5.74) is 1.50. The molecule has 0 saturated heterocycles. The van der Waals surface area contributed by atoms with Crippen LogP contribution in [0.5, 0.6) is 0 Å². The maximum absolute atomic E-state index is 11.9. The first-order valence-electron chi connectivity index (χ1n) is 4.95. The molecule has 5 heteroatoms. The first-order chi connectivity index (χ1) is 7.66. The minimum absolute atomic E-state index is 0.0293. The lowest BCUT2D eigenvalue weighted by molar-refractivity contribution is 0.0989. The van der Waals surface area contributed by atoms with Gasteiger partial charge < -0.3 is 0 Å². The van der Waals surface area contributed by atoms with E-state index in [2.05, 4.69) is 15.1 Å². The van der Waals surface area contributed by atoms with Crippen molar-refractivity contribution in [3.63, 3.8) is 0 Å². The average Bonchev–Trinajstić information content (AvgIpc) is 2.64. The molecule has 82 valence electrons. The molecule has 16 heavy (non-hydrogen) atoms. The van der Waals surface area contributed by atoms with Crippen LogP contribution in [0, 0.1) is 6.92 Å². The van der Waals surface area contributed by atoms with Crippen LogP contribution in [0.15, 0.2) is 24.7 Å². The number of pyridine rings is 1. The van der Waals surface area contributed by atoms with Crippen LogP contribution in [0.3, 0.4) is 0 Å². The number of hydrogen-bond acceptors (Lipinski definition) is 4. The smallest absolute Gasteiger partial charge is 0.170 e. The minimum Gasteiger partial charge on any atom is -0.294 e. The molecule has 5 nitrogen and oxygen atoms in total. The highest BCUT2D eigenvalue weighted by Gasteiger charge is 2.10. The second-order valence-corrected chi connectivity index (χ2v) is 3.59.